The predicted molar refractivity (Wildman–Crippen MR) is 130 cm³/mol. The first-order valence-corrected chi connectivity index (χ1v) is 12.5. The van der Waals surface area contributed by atoms with Gasteiger partial charge >= 0.3 is 6.09 Å². The topological polar surface area (TPSA) is 136 Å². The number of amidine groups is 1. The van der Waals surface area contributed by atoms with Gasteiger partial charge in [0, 0.05) is 24.0 Å². The van der Waals surface area contributed by atoms with Crippen LogP contribution in [-0.4, -0.2) is 49.0 Å². The van der Waals surface area contributed by atoms with E-state index in [0.29, 0.717) is 18.7 Å². The highest BCUT2D eigenvalue weighted by Crippen LogP contribution is 2.67. The molecule has 2 aliphatic rings. The number of anilines is 1. The molecular weight excluding hydrogens is 461 g/mol. The lowest BCUT2D eigenvalue weighted by molar-refractivity contribution is 0.102. The van der Waals surface area contributed by atoms with Gasteiger partial charge in [-0.1, -0.05) is 16.6 Å². The Kier molecular flexibility index (Phi) is 5.91. The number of hydrogen-bond donors (Lipinski definition) is 5. The third-order valence-electron chi connectivity index (χ3n) is 6.60. The quantitative estimate of drug-likeness (QED) is 0.442. The van der Waals surface area contributed by atoms with Gasteiger partial charge in [-0.2, -0.15) is 0 Å². The standard InChI is InChI=1S/C23H28FN5O4S/c1-13-5-8-17(25-12-13)19(30)27-14-6-7-16(24)15(11-14)23(4)18-9-10-26-34(18,33)22(2,3)20(29-23)28-21(31)32/h5-8,11-12,18,26,33H,9-10H2,1-4H3,(H,27,30)(H,28,29)(H,31,32)/t18-,23+/m0/s1. The average molecular weight is 490 g/mol. The second-order valence-corrected chi connectivity index (χ2v) is 12.3. The fourth-order valence-corrected chi connectivity index (χ4v) is 8.05. The SMILES string of the molecule is Cc1ccc(C(=O)Nc2ccc(F)c([C@@]3(C)N=C(NC(=O)O)C(C)(C)[S@@]4(O)NCC[C@@H]34)c2)nc1. The second kappa shape index (κ2) is 8.33. The molecule has 0 bridgehead atoms. The van der Waals surface area contributed by atoms with Crippen molar-refractivity contribution in [2.75, 3.05) is 11.9 Å². The van der Waals surface area contributed by atoms with E-state index in [-0.39, 0.29) is 17.1 Å². The van der Waals surface area contributed by atoms with Crippen LogP contribution in [-0.2, 0) is 5.54 Å². The van der Waals surface area contributed by atoms with Crippen LogP contribution in [0.15, 0.2) is 41.5 Å². The summed E-state index contributed by atoms with van der Waals surface area (Å²) in [5.74, 6) is -0.960. The Labute approximate surface area is 198 Å². The molecule has 182 valence electrons. The van der Waals surface area contributed by atoms with E-state index in [2.05, 4.69) is 20.3 Å². The van der Waals surface area contributed by atoms with E-state index in [1.165, 1.54) is 18.2 Å². The fraction of sp³-hybridized carbons (Fsp3) is 0.391. The van der Waals surface area contributed by atoms with Gasteiger partial charge in [0.1, 0.15) is 22.9 Å². The first-order chi connectivity index (χ1) is 15.9. The highest BCUT2D eigenvalue weighted by atomic mass is 32.3. The number of nitrogens with zero attached hydrogens (tertiary/aromatic N) is 2. The minimum Gasteiger partial charge on any atom is -0.465 e. The number of carbonyl (C=O) groups excluding carboxylic acids is 1. The Bertz CT molecular complexity index is 1190. The third-order valence-corrected chi connectivity index (χ3v) is 10.5. The molecule has 1 fully saturated rings. The van der Waals surface area contributed by atoms with Crippen LogP contribution in [0, 0.1) is 12.7 Å². The van der Waals surface area contributed by atoms with Crippen LogP contribution in [0.5, 0.6) is 0 Å². The lowest BCUT2D eigenvalue weighted by Gasteiger charge is -2.56. The number of carboxylic acid groups (broad SMARTS) is 1. The van der Waals surface area contributed by atoms with E-state index < -0.39 is 43.8 Å². The number of pyridine rings is 1. The molecule has 11 heteroatoms. The molecule has 0 unspecified atom stereocenters. The number of rotatable bonds is 3. The molecule has 0 spiro atoms. The third kappa shape index (κ3) is 3.83. The summed E-state index contributed by atoms with van der Waals surface area (Å²) >= 11 is 0. The number of carbonyl (C=O) groups is 2. The summed E-state index contributed by atoms with van der Waals surface area (Å²) in [5.41, 5.74) is 0.335. The Balaban J connectivity index is 1.78. The minimum atomic E-state index is -2.64. The molecule has 9 nitrogen and oxygen atoms in total. The molecule has 4 rings (SSSR count). The summed E-state index contributed by atoms with van der Waals surface area (Å²) in [6, 6.07) is 7.52. The second-order valence-electron chi connectivity index (χ2n) is 9.22. The fourth-order valence-electron chi connectivity index (χ4n) is 4.65. The van der Waals surface area contributed by atoms with Gasteiger partial charge in [0.25, 0.3) is 5.91 Å². The van der Waals surface area contributed by atoms with Gasteiger partial charge in [-0.3, -0.25) is 24.8 Å². The van der Waals surface area contributed by atoms with Crippen LogP contribution in [0.3, 0.4) is 0 Å². The largest absolute Gasteiger partial charge is 0.465 e. The average Bonchev–Trinajstić information content (AvgIpc) is 3.18. The molecule has 3 heterocycles. The Morgan fingerprint density at radius 1 is 1.21 bits per heavy atom. The van der Waals surface area contributed by atoms with E-state index in [4.69, 9.17) is 4.99 Å². The van der Waals surface area contributed by atoms with Crippen LogP contribution < -0.4 is 15.4 Å². The number of aryl methyl sites for hydroxylation is 1. The Hall–Kier alpha value is -3.02. The molecule has 5 N–H and O–H groups in total. The van der Waals surface area contributed by atoms with Crippen molar-refractivity contribution in [2.24, 2.45) is 4.99 Å². The predicted octanol–water partition coefficient (Wildman–Crippen LogP) is 4.01. The van der Waals surface area contributed by atoms with E-state index in [1.807, 2.05) is 6.92 Å². The lowest BCUT2D eigenvalue weighted by atomic mass is 9.85. The van der Waals surface area contributed by atoms with E-state index in [0.717, 1.165) is 5.56 Å². The van der Waals surface area contributed by atoms with Gasteiger partial charge in [-0.25, -0.2) is 9.18 Å². The normalized spacial score (nSPS) is 27.5. The number of aliphatic imine (C=N–C) groups is 1. The molecule has 3 atom stereocenters. The van der Waals surface area contributed by atoms with Crippen molar-refractivity contribution in [3.63, 3.8) is 0 Å². The highest BCUT2D eigenvalue weighted by Gasteiger charge is 2.61. The van der Waals surface area contributed by atoms with Crippen molar-refractivity contribution in [1.29, 1.82) is 0 Å². The Morgan fingerprint density at radius 3 is 2.59 bits per heavy atom. The molecule has 0 aliphatic carbocycles. The maximum atomic E-state index is 15.2. The smallest absolute Gasteiger partial charge is 0.410 e. The summed E-state index contributed by atoms with van der Waals surface area (Å²) in [5, 5.41) is 13.9. The molecule has 1 aromatic heterocycles. The monoisotopic (exact) mass is 489 g/mol. The number of benzene rings is 1. The summed E-state index contributed by atoms with van der Waals surface area (Å²) in [7, 11) is -2.64. The molecule has 2 amide bonds. The molecule has 2 aromatic rings. The van der Waals surface area contributed by atoms with E-state index in [9.17, 15) is 19.2 Å². The molecule has 1 aromatic carbocycles. The number of halogens is 1. The molecule has 0 radical (unpaired) electrons. The Morgan fingerprint density at radius 2 is 1.94 bits per heavy atom. The van der Waals surface area contributed by atoms with Gasteiger partial charge in [-0.05, 0) is 63.9 Å². The summed E-state index contributed by atoms with van der Waals surface area (Å²) in [6.07, 6.45) is 0.789. The van der Waals surface area contributed by atoms with Gasteiger partial charge in [-0.15, -0.1) is 0 Å². The molecule has 2 aliphatic heterocycles. The van der Waals surface area contributed by atoms with E-state index >= 15 is 4.39 Å². The summed E-state index contributed by atoms with van der Waals surface area (Å²) in [6.45, 7) is 7.49. The first kappa shape index (κ1) is 24.1. The van der Waals surface area contributed by atoms with Crippen molar-refractivity contribution in [2.45, 2.75) is 49.7 Å². The van der Waals surface area contributed by atoms with Crippen molar-refractivity contribution < 1.29 is 23.6 Å². The number of amides is 2. The maximum Gasteiger partial charge on any atom is 0.410 e. The number of aromatic nitrogens is 1. The van der Waals surface area contributed by atoms with Crippen LogP contribution in [0.2, 0.25) is 0 Å². The van der Waals surface area contributed by atoms with Crippen LogP contribution >= 0.6 is 10.5 Å². The number of hydrogen-bond acceptors (Lipinski definition) is 6. The zero-order chi connectivity index (χ0) is 24.9. The highest BCUT2D eigenvalue weighted by molar-refractivity contribution is 8.29. The first-order valence-electron chi connectivity index (χ1n) is 10.8. The van der Waals surface area contributed by atoms with E-state index in [1.54, 1.807) is 39.1 Å². The zero-order valence-electron chi connectivity index (χ0n) is 19.3. The van der Waals surface area contributed by atoms with Gasteiger partial charge in [0.15, 0.2) is 0 Å². The maximum absolute atomic E-state index is 15.2. The molecular formula is C23H28FN5O4S. The lowest BCUT2D eigenvalue weighted by Crippen LogP contribution is -2.59. The van der Waals surface area contributed by atoms with Gasteiger partial charge in [0.2, 0.25) is 0 Å². The molecule has 0 saturated carbocycles. The van der Waals surface area contributed by atoms with Crippen molar-refractivity contribution in [3.05, 3.63) is 59.2 Å². The summed E-state index contributed by atoms with van der Waals surface area (Å²) < 4.78 is 29.2. The summed E-state index contributed by atoms with van der Waals surface area (Å²) in [4.78, 5) is 32.9. The van der Waals surface area contributed by atoms with Gasteiger partial charge < -0.3 is 15.0 Å². The van der Waals surface area contributed by atoms with Gasteiger partial charge in [0.05, 0.1) is 10.00 Å². The molecule has 1 saturated heterocycles. The van der Waals surface area contributed by atoms with Crippen molar-refractivity contribution >= 4 is 34.0 Å². The minimum absolute atomic E-state index is 0.0587. The number of nitrogens with one attached hydrogen (secondary N) is 3. The van der Waals surface area contributed by atoms with Crippen LogP contribution in [0.4, 0.5) is 14.9 Å². The van der Waals surface area contributed by atoms with Crippen LogP contribution in [0.1, 0.15) is 48.8 Å². The van der Waals surface area contributed by atoms with Crippen molar-refractivity contribution in [1.82, 2.24) is 15.0 Å². The molecule has 34 heavy (non-hydrogen) atoms. The zero-order valence-corrected chi connectivity index (χ0v) is 20.2. The van der Waals surface area contributed by atoms with Crippen LogP contribution in [0.25, 0.3) is 0 Å². The van der Waals surface area contributed by atoms with Crippen molar-refractivity contribution in [3.8, 4) is 0 Å². The number of fused-ring (bicyclic) bond motifs is 1.